The van der Waals surface area contributed by atoms with Gasteiger partial charge in [0.05, 0.1) is 0 Å². The van der Waals surface area contributed by atoms with E-state index in [0.29, 0.717) is 11.5 Å². The molecule has 0 atom stereocenters. The van der Waals surface area contributed by atoms with E-state index in [1.807, 2.05) is 25.7 Å². The number of hydrogen-bond acceptors (Lipinski definition) is 3. The summed E-state index contributed by atoms with van der Waals surface area (Å²) < 4.78 is 5.43. The molecule has 0 radical (unpaired) electrons. The summed E-state index contributed by atoms with van der Waals surface area (Å²) in [5, 5.41) is 0. The smallest absolute Gasteiger partial charge is 0.410 e. The van der Waals surface area contributed by atoms with Gasteiger partial charge in [0.25, 0.3) is 0 Å². The highest BCUT2D eigenvalue weighted by molar-refractivity contribution is 5.92. The highest BCUT2D eigenvalue weighted by atomic mass is 16.6. The van der Waals surface area contributed by atoms with Crippen molar-refractivity contribution < 1.29 is 9.53 Å². The average molecular weight is 266 g/mol. The Labute approximate surface area is 116 Å². The zero-order valence-electron chi connectivity index (χ0n) is 12.8. The second-order valence-corrected chi connectivity index (χ2v) is 7.29. The molecule has 1 aliphatic carbocycles. The second-order valence-electron chi connectivity index (χ2n) is 7.29. The van der Waals surface area contributed by atoms with Crippen molar-refractivity contribution in [1.82, 2.24) is 4.90 Å². The van der Waals surface area contributed by atoms with Crippen LogP contribution in [0.1, 0.15) is 53.9 Å². The van der Waals surface area contributed by atoms with E-state index in [4.69, 9.17) is 4.74 Å². The molecule has 1 heterocycles. The SMILES string of the molecule is CC(C)N=C1CC2(CCN(C(=O)OC(C)(C)C)C2)C1. The Hall–Kier alpha value is -1.06. The zero-order valence-corrected chi connectivity index (χ0v) is 12.8. The van der Waals surface area contributed by atoms with Crippen LogP contribution in [0.15, 0.2) is 4.99 Å². The Morgan fingerprint density at radius 3 is 2.53 bits per heavy atom. The molecular formula is C15H26N2O2. The molecule has 1 saturated carbocycles. The van der Waals surface area contributed by atoms with Crippen LogP contribution in [0.5, 0.6) is 0 Å². The molecule has 2 rings (SSSR count). The van der Waals surface area contributed by atoms with Gasteiger partial charge in [-0.05, 0) is 53.9 Å². The second kappa shape index (κ2) is 4.80. The summed E-state index contributed by atoms with van der Waals surface area (Å²) in [5.74, 6) is 0. The van der Waals surface area contributed by atoms with Gasteiger partial charge in [-0.2, -0.15) is 0 Å². The summed E-state index contributed by atoms with van der Waals surface area (Å²) in [4.78, 5) is 18.5. The number of hydrogen-bond donors (Lipinski definition) is 0. The summed E-state index contributed by atoms with van der Waals surface area (Å²) >= 11 is 0. The van der Waals surface area contributed by atoms with Crippen LogP contribution in [0, 0.1) is 5.41 Å². The van der Waals surface area contributed by atoms with Crippen LogP contribution in [0.4, 0.5) is 4.79 Å². The van der Waals surface area contributed by atoms with Crippen LogP contribution < -0.4 is 0 Å². The first-order valence-corrected chi connectivity index (χ1v) is 7.23. The lowest BCUT2D eigenvalue weighted by Crippen LogP contribution is -2.42. The topological polar surface area (TPSA) is 41.9 Å². The van der Waals surface area contributed by atoms with Crippen molar-refractivity contribution in [3.8, 4) is 0 Å². The maximum Gasteiger partial charge on any atom is 0.410 e. The maximum atomic E-state index is 12.0. The molecule has 0 unspecified atom stereocenters. The Morgan fingerprint density at radius 1 is 1.37 bits per heavy atom. The Kier molecular flexibility index (Phi) is 3.63. The summed E-state index contributed by atoms with van der Waals surface area (Å²) in [6, 6.07) is 0.385. The average Bonchev–Trinajstić information content (AvgIpc) is 2.58. The molecule has 1 aliphatic heterocycles. The van der Waals surface area contributed by atoms with Crippen LogP contribution >= 0.6 is 0 Å². The van der Waals surface area contributed by atoms with Crippen LogP contribution in [0.3, 0.4) is 0 Å². The first kappa shape index (κ1) is 14.4. The quantitative estimate of drug-likeness (QED) is 0.731. The molecule has 4 heteroatoms. The lowest BCUT2D eigenvalue weighted by Gasteiger charge is -2.39. The molecule has 0 aromatic rings. The third kappa shape index (κ3) is 3.48. The van der Waals surface area contributed by atoms with Crippen LogP contribution in [0.25, 0.3) is 0 Å². The van der Waals surface area contributed by atoms with Gasteiger partial charge in [0.1, 0.15) is 5.60 Å². The predicted molar refractivity (Wildman–Crippen MR) is 76.7 cm³/mol. The van der Waals surface area contributed by atoms with Crippen molar-refractivity contribution in [3.63, 3.8) is 0 Å². The molecule has 1 amide bonds. The lowest BCUT2D eigenvalue weighted by molar-refractivity contribution is 0.0269. The number of rotatable bonds is 1. The van der Waals surface area contributed by atoms with E-state index in [1.165, 1.54) is 5.71 Å². The molecule has 0 aromatic heterocycles. The van der Waals surface area contributed by atoms with Crippen molar-refractivity contribution in [1.29, 1.82) is 0 Å². The predicted octanol–water partition coefficient (Wildman–Crippen LogP) is 3.26. The third-order valence-corrected chi connectivity index (χ3v) is 3.69. The number of amides is 1. The van der Waals surface area contributed by atoms with Crippen LogP contribution in [0.2, 0.25) is 0 Å². The molecule has 4 nitrogen and oxygen atoms in total. The number of ether oxygens (including phenoxy) is 1. The van der Waals surface area contributed by atoms with E-state index in [-0.39, 0.29) is 6.09 Å². The monoisotopic (exact) mass is 266 g/mol. The molecule has 2 aliphatic rings. The highest BCUT2D eigenvalue weighted by Gasteiger charge is 2.48. The molecule has 108 valence electrons. The van der Waals surface area contributed by atoms with Gasteiger partial charge >= 0.3 is 6.09 Å². The standard InChI is InChI=1S/C15H26N2O2/c1-11(2)16-12-8-15(9-12)6-7-17(10-15)13(18)19-14(3,4)5/h11H,6-10H2,1-5H3. The van der Waals surface area contributed by atoms with Gasteiger partial charge in [-0.15, -0.1) is 0 Å². The molecule has 0 aromatic carbocycles. The summed E-state index contributed by atoms with van der Waals surface area (Å²) in [6.45, 7) is 11.6. The van der Waals surface area contributed by atoms with Crippen molar-refractivity contribution in [3.05, 3.63) is 0 Å². The Morgan fingerprint density at radius 2 is 2.00 bits per heavy atom. The number of aliphatic imine (C=N–C) groups is 1. The van der Waals surface area contributed by atoms with Gasteiger partial charge in [0, 0.05) is 30.3 Å². The van der Waals surface area contributed by atoms with Gasteiger partial charge in [0.2, 0.25) is 0 Å². The zero-order chi connectivity index (χ0) is 14.3. The van der Waals surface area contributed by atoms with Gasteiger partial charge in [0.15, 0.2) is 0 Å². The summed E-state index contributed by atoms with van der Waals surface area (Å²) in [7, 11) is 0. The van der Waals surface area contributed by atoms with Gasteiger partial charge < -0.3 is 9.64 Å². The first-order chi connectivity index (χ1) is 8.69. The Balaban J connectivity index is 1.87. The fourth-order valence-corrected chi connectivity index (χ4v) is 2.98. The minimum absolute atomic E-state index is 0.168. The van der Waals surface area contributed by atoms with E-state index in [0.717, 1.165) is 32.4 Å². The number of carbonyl (C=O) groups is 1. The van der Waals surface area contributed by atoms with Gasteiger partial charge in [-0.25, -0.2) is 4.79 Å². The number of nitrogens with zero attached hydrogens (tertiary/aromatic N) is 2. The summed E-state index contributed by atoms with van der Waals surface area (Å²) in [5.41, 5.74) is 1.21. The van der Waals surface area contributed by atoms with Crippen molar-refractivity contribution in [2.45, 2.75) is 65.5 Å². The molecule has 0 N–H and O–H groups in total. The largest absolute Gasteiger partial charge is 0.444 e. The van der Waals surface area contributed by atoms with E-state index >= 15 is 0 Å². The Bertz CT molecular complexity index is 385. The number of carbonyl (C=O) groups excluding carboxylic acids is 1. The van der Waals surface area contributed by atoms with Gasteiger partial charge in [-0.1, -0.05) is 0 Å². The first-order valence-electron chi connectivity index (χ1n) is 7.23. The van der Waals surface area contributed by atoms with E-state index < -0.39 is 5.60 Å². The normalized spacial score (nSPS) is 26.8. The molecule has 19 heavy (non-hydrogen) atoms. The molecule has 2 fully saturated rings. The minimum Gasteiger partial charge on any atom is -0.444 e. The molecule has 1 spiro atoms. The fourth-order valence-electron chi connectivity index (χ4n) is 2.98. The van der Waals surface area contributed by atoms with E-state index in [1.54, 1.807) is 0 Å². The van der Waals surface area contributed by atoms with Crippen molar-refractivity contribution in [2.75, 3.05) is 13.1 Å². The highest BCUT2D eigenvalue weighted by Crippen LogP contribution is 2.46. The van der Waals surface area contributed by atoms with Crippen molar-refractivity contribution in [2.24, 2.45) is 10.4 Å². The van der Waals surface area contributed by atoms with E-state index in [2.05, 4.69) is 18.8 Å². The van der Waals surface area contributed by atoms with Crippen LogP contribution in [-0.4, -0.2) is 41.4 Å². The molecule has 1 saturated heterocycles. The van der Waals surface area contributed by atoms with Crippen molar-refractivity contribution >= 4 is 11.8 Å². The lowest BCUT2D eigenvalue weighted by atomic mass is 9.67. The molecule has 0 bridgehead atoms. The maximum absolute atomic E-state index is 12.0. The third-order valence-electron chi connectivity index (χ3n) is 3.69. The van der Waals surface area contributed by atoms with Gasteiger partial charge in [-0.3, -0.25) is 4.99 Å². The molecular weight excluding hydrogens is 240 g/mol. The van der Waals surface area contributed by atoms with Crippen LogP contribution in [-0.2, 0) is 4.74 Å². The number of likely N-dealkylation sites (tertiary alicyclic amines) is 1. The fraction of sp³-hybridized carbons (Fsp3) is 0.867. The van der Waals surface area contributed by atoms with E-state index in [9.17, 15) is 4.79 Å². The minimum atomic E-state index is -0.406. The summed E-state index contributed by atoms with van der Waals surface area (Å²) in [6.07, 6.45) is 3.04.